The molecule has 0 unspecified atom stereocenters. The molecule has 1 aliphatic heterocycles. The van der Waals surface area contributed by atoms with Gasteiger partial charge in [0, 0.05) is 29.8 Å². The minimum atomic E-state index is -0.227. The minimum Gasteiger partial charge on any atom is -0.459 e. The lowest BCUT2D eigenvalue weighted by molar-refractivity contribution is 0.102. The van der Waals surface area contributed by atoms with Gasteiger partial charge in [0.1, 0.15) is 11.5 Å². The molecule has 0 spiro atoms. The summed E-state index contributed by atoms with van der Waals surface area (Å²) in [6, 6.07) is 11.6. The second-order valence-corrected chi connectivity index (χ2v) is 6.91. The fourth-order valence-corrected chi connectivity index (χ4v) is 3.57. The summed E-state index contributed by atoms with van der Waals surface area (Å²) in [5.74, 6) is 1.28. The highest BCUT2D eigenvalue weighted by Crippen LogP contribution is 2.26. The number of aromatic nitrogens is 1. The molecule has 7 heteroatoms. The lowest BCUT2D eigenvalue weighted by Gasteiger charge is -2.28. The number of nitrogens with zero attached hydrogens (tertiary/aromatic N) is 2. The third-order valence-electron chi connectivity index (χ3n) is 4.19. The van der Waals surface area contributed by atoms with E-state index in [1.54, 1.807) is 5.38 Å². The standard InChI is InChI=1S/C19H19N3O3S/c1-13-2-7-17(25-13)19-21-16(12-26-19)18(23)20-14-3-5-15(6-4-14)22-8-10-24-11-9-22/h2-7,12H,8-11H2,1H3,(H,20,23). The van der Waals surface area contributed by atoms with Crippen LogP contribution in [0.3, 0.4) is 0 Å². The molecule has 26 heavy (non-hydrogen) atoms. The molecule has 1 N–H and O–H groups in total. The van der Waals surface area contributed by atoms with Crippen LogP contribution in [0.4, 0.5) is 11.4 Å². The van der Waals surface area contributed by atoms with E-state index in [0.717, 1.165) is 43.4 Å². The first kappa shape index (κ1) is 16.8. The number of hydrogen-bond acceptors (Lipinski definition) is 6. The molecule has 1 saturated heterocycles. The molecule has 0 atom stereocenters. The van der Waals surface area contributed by atoms with Crippen molar-refractivity contribution in [1.82, 2.24) is 4.98 Å². The van der Waals surface area contributed by atoms with Gasteiger partial charge in [0.25, 0.3) is 5.91 Å². The van der Waals surface area contributed by atoms with Crippen LogP contribution in [0.15, 0.2) is 46.2 Å². The topological polar surface area (TPSA) is 67.6 Å². The van der Waals surface area contributed by atoms with E-state index in [4.69, 9.17) is 9.15 Å². The minimum absolute atomic E-state index is 0.227. The number of thiazole rings is 1. The highest BCUT2D eigenvalue weighted by atomic mass is 32.1. The van der Waals surface area contributed by atoms with Crippen LogP contribution in [0.2, 0.25) is 0 Å². The Kier molecular flexibility index (Phi) is 4.73. The van der Waals surface area contributed by atoms with Gasteiger partial charge in [0.2, 0.25) is 0 Å². The molecule has 134 valence electrons. The largest absolute Gasteiger partial charge is 0.459 e. The molecule has 6 nitrogen and oxygen atoms in total. The van der Waals surface area contributed by atoms with Crippen molar-refractivity contribution < 1.29 is 13.9 Å². The number of anilines is 2. The number of carbonyl (C=O) groups excluding carboxylic acids is 1. The molecule has 1 aromatic carbocycles. The maximum Gasteiger partial charge on any atom is 0.275 e. The fourth-order valence-electron chi connectivity index (χ4n) is 2.81. The second-order valence-electron chi connectivity index (χ2n) is 6.05. The van der Waals surface area contributed by atoms with Crippen molar-refractivity contribution in [2.24, 2.45) is 0 Å². The third kappa shape index (κ3) is 3.63. The summed E-state index contributed by atoms with van der Waals surface area (Å²) in [5, 5.41) is 5.33. The summed E-state index contributed by atoms with van der Waals surface area (Å²) in [4.78, 5) is 19.1. The van der Waals surface area contributed by atoms with Gasteiger partial charge in [-0.3, -0.25) is 4.79 Å². The van der Waals surface area contributed by atoms with Crippen molar-refractivity contribution in [2.75, 3.05) is 36.5 Å². The summed E-state index contributed by atoms with van der Waals surface area (Å²) in [6.45, 7) is 5.16. The summed E-state index contributed by atoms with van der Waals surface area (Å²) < 4.78 is 10.9. The first-order valence-electron chi connectivity index (χ1n) is 8.45. The monoisotopic (exact) mass is 369 g/mol. The molecule has 1 amide bonds. The Bertz CT molecular complexity index is 895. The van der Waals surface area contributed by atoms with Crippen molar-refractivity contribution in [2.45, 2.75) is 6.92 Å². The van der Waals surface area contributed by atoms with E-state index in [0.29, 0.717) is 16.5 Å². The number of furan rings is 1. The number of aryl methyl sites for hydroxylation is 1. The Morgan fingerprint density at radius 1 is 1.15 bits per heavy atom. The van der Waals surface area contributed by atoms with Crippen LogP contribution in [-0.2, 0) is 4.74 Å². The van der Waals surface area contributed by atoms with E-state index in [2.05, 4.69) is 15.2 Å². The van der Waals surface area contributed by atoms with E-state index in [1.165, 1.54) is 11.3 Å². The quantitative estimate of drug-likeness (QED) is 0.758. The predicted molar refractivity (Wildman–Crippen MR) is 102 cm³/mol. The number of benzene rings is 1. The molecule has 0 aliphatic carbocycles. The molecule has 1 aliphatic rings. The van der Waals surface area contributed by atoms with Gasteiger partial charge in [0.05, 0.1) is 13.2 Å². The molecular formula is C19H19N3O3S. The van der Waals surface area contributed by atoms with Crippen molar-refractivity contribution in [3.05, 3.63) is 53.2 Å². The highest BCUT2D eigenvalue weighted by molar-refractivity contribution is 7.13. The number of rotatable bonds is 4. The summed E-state index contributed by atoms with van der Waals surface area (Å²) in [5.41, 5.74) is 2.27. The van der Waals surface area contributed by atoms with Crippen LogP contribution < -0.4 is 10.2 Å². The van der Waals surface area contributed by atoms with Gasteiger partial charge in [0.15, 0.2) is 10.8 Å². The number of ether oxygens (including phenoxy) is 1. The summed E-state index contributed by atoms with van der Waals surface area (Å²) >= 11 is 1.39. The summed E-state index contributed by atoms with van der Waals surface area (Å²) in [6.07, 6.45) is 0. The van der Waals surface area contributed by atoms with Gasteiger partial charge < -0.3 is 19.4 Å². The molecule has 0 radical (unpaired) electrons. The number of carbonyl (C=O) groups is 1. The molecule has 0 saturated carbocycles. The number of nitrogens with one attached hydrogen (secondary N) is 1. The Morgan fingerprint density at radius 2 is 1.92 bits per heavy atom. The normalized spacial score (nSPS) is 14.4. The molecule has 3 aromatic rings. The number of morpholine rings is 1. The van der Waals surface area contributed by atoms with Gasteiger partial charge in [-0.25, -0.2) is 4.98 Å². The van der Waals surface area contributed by atoms with E-state index >= 15 is 0 Å². The highest BCUT2D eigenvalue weighted by Gasteiger charge is 2.15. The third-order valence-corrected chi connectivity index (χ3v) is 5.05. The molecule has 2 aromatic heterocycles. The van der Waals surface area contributed by atoms with Crippen molar-refractivity contribution in [3.63, 3.8) is 0 Å². The van der Waals surface area contributed by atoms with Crippen LogP contribution >= 0.6 is 11.3 Å². The molecule has 3 heterocycles. The van der Waals surface area contributed by atoms with Crippen molar-refractivity contribution in [3.8, 4) is 10.8 Å². The van der Waals surface area contributed by atoms with Gasteiger partial charge in [-0.15, -0.1) is 11.3 Å². The maximum absolute atomic E-state index is 12.4. The Labute approximate surface area is 155 Å². The average molecular weight is 369 g/mol. The van der Waals surface area contributed by atoms with Crippen LogP contribution in [-0.4, -0.2) is 37.2 Å². The fraction of sp³-hybridized carbons (Fsp3) is 0.263. The SMILES string of the molecule is Cc1ccc(-c2nc(C(=O)Nc3ccc(N4CCOCC4)cc3)cs2)o1. The Hall–Kier alpha value is -2.64. The van der Waals surface area contributed by atoms with E-state index in [9.17, 15) is 4.79 Å². The number of amides is 1. The van der Waals surface area contributed by atoms with Crippen LogP contribution in [0.5, 0.6) is 0 Å². The average Bonchev–Trinajstić information content (AvgIpc) is 3.32. The smallest absolute Gasteiger partial charge is 0.275 e. The van der Waals surface area contributed by atoms with Gasteiger partial charge in [-0.1, -0.05) is 0 Å². The van der Waals surface area contributed by atoms with Crippen molar-refractivity contribution >= 4 is 28.6 Å². The molecular weight excluding hydrogens is 350 g/mol. The van der Waals surface area contributed by atoms with Gasteiger partial charge in [-0.05, 0) is 43.3 Å². The van der Waals surface area contributed by atoms with E-state index in [-0.39, 0.29) is 5.91 Å². The Balaban J connectivity index is 1.42. The van der Waals surface area contributed by atoms with Gasteiger partial charge in [-0.2, -0.15) is 0 Å². The van der Waals surface area contributed by atoms with Gasteiger partial charge >= 0.3 is 0 Å². The van der Waals surface area contributed by atoms with E-state index in [1.807, 2.05) is 43.3 Å². The lowest BCUT2D eigenvalue weighted by atomic mass is 10.2. The molecule has 1 fully saturated rings. The zero-order chi connectivity index (χ0) is 17.9. The number of hydrogen-bond donors (Lipinski definition) is 1. The van der Waals surface area contributed by atoms with Crippen LogP contribution in [0.25, 0.3) is 10.8 Å². The van der Waals surface area contributed by atoms with Crippen molar-refractivity contribution in [1.29, 1.82) is 0 Å². The lowest BCUT2D eigenvalue weighted by Crippen LogP contribution is -2.36. The zero-order valence-electron chi connectivity index (χ0n) is 14.4. The van der Waals surface area contributed by atoms with E-state index < -0.39 is 0 Å². The Morgan fingerprint density at radius 3 is 2.62 bits per heavy atom. The second kappa shape index (κ2) is 7.31. The predicted octanol–water partition coefficient (Wildman–Crippen LogP) is 3.80. The van der Waals surface area contributed by atoms with Crippen LogP contribution in [0, 0.1) is 6.92 Å². The van der Waals surface area contributed by atoms with Crippen LogP contribution in [0.1, 0.15) is 16.2 Å². The first-order chi connectivity index (χ1) is 12.7. The summed E-state index contributed by atoms with van der Waals surface area (Å²) in [7, 11) is 0. The molecule has 4 rings (SSSR count). The maximum atomic E-state index is 12.4. The zero-order valence-corrected chi connectivity index (χ0v) is 15.2. The molecule has 0 bridgehead atoms. The first-order valence-corrected chi connectivity index (χ1v) is 9.33.